The summed E-state index contributed by atoms with van der Waals surface area (Å²) in [6.07, 6.45) is 3.32. The molecule has 0 saturated carbocycles. The first-order valence-electron chi connectivity index (χ1n) is 11.7. The number of nitrogens with two attached hydrogens (primary N) is 1. The number of hydrogen-bond donors (Lipinski definition) is 2. The molecule has 2 heterocycles. The summed E-state index contributed by atoms with van der Waals surface area (Å²) in [5, 5.41) is 4.18. The van der Waals surface area contributed by atoms with Gasteiger partial charge in [-0.1, -0.05) is 25.1 Å². The molecule has 0 spiro atoms. The van der Waals surface area contributed by atoms with Crippen molar-refractivity contribution in [2.24, 2.45) is 5.73 Å². The number of primary amides is 1. The summed E-state index contributed by atoms with van der Waals surface area (Å²) in [5.74, 6) is 3.11. The number of carbonyl (C=O) groups is 1. The van der Waals surface area contributed by atoms with E-state index in [0.717, 1.165) is 49.1 Å². The molecule has 3 aromatic rings. The van der Waals surface area contributed by atoms with Crippen molar-refractivity contribution in [1.82, 2.24) is 9.88 Å². The molecule has 7 nitrogen and oxygen atoms in total. The summed E-state index contributed by atoms with van der Waals surface area (Å²) in [7, 11) is 1.62. The SMILES string of the molecule is CCc1ccccc1Nc1c(C(N)=O)cnc2cc(OCCCN3CCSCC3)c(OC)cc12. The van der Waals surface area contributed by atoms with E-state index in [-0.39, 0.29) is 0 Å². The fourth-order valence-corrected chi connectivity index (χ4v) is 5.15. The topological polar surface area (TPSA) is 89.7 Å². The van der Waals surface area contributed by atoms with E-state index < -0.39 is 5.91 Å². The first kappa shape index (κ1) is 24.2. The van der Waals surface area contributed by atoms with E-state index in [1.54, 1.807) is 7.11 Å². The van der Waals surface area contributed by atoms with Gasteiger partial charge in [0, 0.05) is 54.5 Å². The van der Waals surface area contributed by atoms with Crippen molar-refractivity contribution in [3.8, 4) is 11.5 Å². The third-order valence-corrected chi connectivity index (χ3v) is 7.00. The number of methoxy groups -OCH3 is 1. The average Bonchev–Trinajstić information content (AvgIpc) is 2.87. The number of nitrogens with zero attached hydrogens (tertiary/aromatic N) is 2. The maximum atomic E-state index is 12.2. The van der Waals surface area contributed by atoms with Crippen LogP contribution >= 0.6 is 11.8 Å². The van der Waals surface area contributed by atoms with Crippen molar-refractivity contribution in [2.45, 2.75) is 19.8 Å². The van der Waals surface area contributed by atoms with Crippen molar-refractivity contribution < 1.29 is 14.3 Å². The molecule has 1 saturated heterocycles. The zero-order chi connectivity index (χ0) is 23.9. The van der Waals surface area contributed by atoms with Crippen LogP contribution in [0.5, 0.6) is 11.5 Å². The van der Waals surface area contributed by atoms with Gasteiger partial charge in [-0.15, -0.1) is 0 Å². The average molecular weight is 481 g/mol. The number of carbonyl (C=O) groups excluding carboxylic acids is 1. The molecule has 0 unspecified atom stereocenters. The van der Waals surface area contributed by atoms with Crippen LogP contribution in [0.2, 0.25) is 0 Å². The summed E-state index contributed by atoms with van der Waals surface area (Å²) in [4.78, 5) is 19.2. The third-order valence-electron chi connectivity index (χ3n) is 6.06. The summed E-state index contributed by atoms with van der Waals surface area (Å²) in [6, 6.07) is 11.7. The zero-order valence-electron chi connectivity index (χ0n) is 19.8. The van der Waals surface area contributed by atoms with Gasteiger partial charge < -0.3 is 25.4 Å². The lowest BCUT2D eigenvalue weighted by atomic mass is 10.1. The molecule has 34 heavy (non-hydrogen) atoms. The number of hydrogen-bond acceptors (Lipinski definition) is 7. The van der Waals surface area contributed by atoms with Crippen molar-refractivity contribution >= 4 is 39.9 Å². The maximum absolute atomic E-state index is 12.2. The number of aryl methyl sites for hydroxylation is 1. The molecule has 180 valence electrons. The number of ether oxygens (including phenoxy) is 2. The van der Waals surface area contributed by atoms with Crippen LogP contribution < -0.4 is 20.5 Å². The van der Waals surface area contributed by atoms with Gasteiger partial charge in [0.25, 0.3) is 5.91 Å². The highest BCUT2D eigenvalue weighted by Gasteiger charge is 2.18. The Morgan fingerprint density at radius 1 is 1.21 bits per heavy atom. The number of fused-ring (bicyclic) bond motifs is 1. The van der Waals surface area contributed by atoms with Crippen molar-refractivity contribution in [3.05, 3.63) is 53.7 Å². The van der Waals surface area contributed by atoms with Gasteiger partial charge in [-0.05, 0) is 30.5 Å². The molecule has 4 rings (SSSR count). The third kappa shape index (κ3) is 5.56. The number of para-hydroxylation sites is 1. The van der Waals surface area contributed by atoms with Crippen LogP contribution in [0.15, 0.2) is 42.6 Å². The molecule has 0 radical (unpaired) electrons. The summed E-state index contributed by atoms with van der Waals surface area (Å²) >= 11 is 2.02. The number of rotatable bonds is 10. The van der Waals surface area contributed by atoms with Crippen LogP contribution in [0.1, 0.15) is 29.3 Å². The minimum Gasteiger partial charge on any atom is -0.493 e. The lowest BCUT2D eigenvalue weighted by molar-refractivity contribution is 0.100. The van der Waals surface area contributed by atoms with Crippen molar-refractivity contribution in [2.75, 3.05) is 50.2 Å². The number of aromatic nitrogens is 1. The molecule has 2 aromatic carbocycles. The quantitative estimate of drug-likeness (QED) is 0.414. The molecule has 1 aliphatic rings. The van der Waals surface area contributed by atoms with Gasteiger partial charge in [-0.25, -0.2) is 0 Å². The molecule has 1 fully saturated rings. The Hall–Kier alpha value is -2.97. The Labute approximate surface area is 205 Å². The van der Waals surface area contributed by atoms with Gasteiger partial charge in [0.05, 0.1) is 30.5 Å². The van der Waals surface area contributed by atoms with E-state index in [0.29, 0.717) is 34.9 Å². The predicted molar refractivity (Wildman–Crippen MR) is 140 cm³/mol. The Bertz CT molecular complexity index is 1150. The first-order chi connectivity index (χ1) is 16.6. The molecule has 0 aliphatic carbocycles. The summed E-state index contributed by atoms with van der Waals surface area (Å²) in [5.41, 5.74) is 9.40. The molecular weight excluding hydrogens is 448 g/mol. The minimum absolute atomic E-state index is 0.328. The second-order valence-electron chi connectivity index (χ2n) is 8.22. The van der Waals surface area contributed by atoms with Crippen molar-refractivity contribution in [1.29, 1.82) is 0 Å². The van der Waals surface area contributed by atoms with Crippen LogP contribution in [0.3, 0.4) is 0 Å². The lowest BCUT2D eigenvalue weighted by Crippen LogP contribution is -2.33. The van der Waals surface area contributed by atoms with Crippen LogP contribution in [0.25, 0.3) is 10.9 Å². The second-order valence-corrected chi connectivity index (χ2v) is 9.45. The Morgan fingerprint density at radius 3 is 2.74 bits per heavy atom. The monoisotopic (exact) mass is 480 g/mol. The molecule has 3 N–H and O–H groups in total. The largest absolute Gasteiger partial charge is 0.493 e. The predicted octanol–water partition coefficient (Wildman–Crippen LogP) is 4.47. The fourth-order valence-electron chi connectivity index (χ4n) is 4.17. The normalized spacial score (nSPS) is 14.2. The van der Waals surface area contributed by atoms with Crippen LogP contribution in [-0.4, -0.2) is 60.6 Å². The molecule has 0 atom stereocenters. The van der Waals surface area contributed by atoms with Gasteiger partial charge >= 0.3 is 0 Å². The highest BCUT2D eigenvalue weighted by atomic mass is 32.2. The number of amides is 1. The van der Waals surface area contributed by atoms with Crippen LogP contribution in [0, 0.1) is 0 Å². The number of thioether (sulfide) groups is 1. The van der Waals surface area contributed by atoms with Gasteiger partial charge in [0.1, 0.15) is 0 Å². The minimum atomic E-state index is -0.540. The van der Waals surface area contributed by atoms with E-state index in [9.17, 15) is 4.79 Å². The molecule has 1 aliphatic heterocycles. The standard InChI is InChI=1S/C26H32N4O3S/c1-3-18-7-4-5-8-21(18)29-25-19-15-23(32-2)24(16-22(19)28-17-20(25)26(27)31)33-12-6-9-30-10-13-34-14-11-30/h4-5,7-8,15-17H,3,6,9-14H2,1-2H3,(H2,27,31)(H,28,29). The molecule has 1 aromatic heterocycles. The Balaban J connectivity index is 1.61. The zero-order valence-corrected chi connectivity index (χ0v) is 20.6. The summed E-state index contributed by atoms with van der Waals surface area (Å²) < 4.78 is 11.7. The lowest BCUT2D eigenvalue weighted by Gasteiger charge is -2.26. The van der Waals surface area contributed by atoms with Gasteiger partial charge in [0.2, 0.25) is 0 Å². The van der Waals surface area contributed by atoms with E-state index in [2.05, 4.69) is 28.2 Å². The van der Waals surface area contributed by atoms with Gasteiger partial charge in [-0.3, -0.25) is 9.78 Å². The van der Waals surface area contributed by atoms with E-state index in [4.69, 9.17) is 15.2 Å². The maximum Gasteiger partial charge on any atom is 0.252 e. The number of benzene rings is 2. The Morgan fingerprint density at radius 2 is 2.00 bits per heavy atom. The van der Waals surface area contributed by atoms with E-state index in [1.807, 2.05) is 42.1 Å². The highest BCUT2D eigenvalue weighted by Crippen LogP contribution is 2.37. The molecular formula is C26H32N4O3S. The van der Waals surface area contributed by atoms with Crippen LogP contribution in [0.4, 0.5) is 11.4 Å². The van der Waals surface area contributed by atoms with Crippen molar-refractivity contribution in [3.63, 3.8) is 0 Å². The molecule has 0 bridgehead atoms. The number of pyridine rings is 1. The van der Waals surface area contributed by atoms with Gasteiger partial charge in [0.15, 0.2) is 11.5 Å². The molecule has 1 amide bonds. The van der Waals surface area contributed by atoms with E-state index in [1.165, 1.54) is 17.7 Å². The first-order valence-corrected chi connectivity index (χ1v) is 12.8. The van der Waals surface area contributed by atoms with Crippen LogP contribution in [-0.2, 0) is 6.42 Å². The second kappa shape index (κ2) is 11.4. The smallest absolute Gasteiger partial charge is 0.252 e. The van der Waals surface area contributed by atoms with E-state index >= 15 is 0 Å². The number of nitrogens with one attached hydrogen (secondary N) is 1. The fraction of sp³-hybridized carbons (Fsp3) is 0.385. The Kier molecular flexibility index (Phi) is 8.13. The molecule has 8 heteroatoms. The summed E-state index contributed by atoms with van der Waals surface area (Å²) in [6.45, 7) is 6.01. The highest BCUT2D eigenvalue weighted by molar-refractivity contribution is 7.99. The van der Waals surface area contributed by atoms with Gasteiger partial charge in [-0.2, -0.15) is 11.8 Å². The number of anilines is 2.